The number of aromatic amines is 1. The highest BCUT2D eigenvalue weighted by atomic mass is 19.1. The standard InChI is InChI=1S/C13H14FN5O/c14-10-3-1-2-4-11(10)18-5-7-19(8-6-18)13(20)12-15-9-16-17-12/h1-4,9H,5-8H2,(H,15,16,17). The maximum Gasteiger partial charge on any atom is 0.291 e. The molecule has 0 bridgehead atoms. The Morgan fingerprint density at radius 2 is 1.95 bits per heavy atom. The van der Waals surface area contributed by atoms with Crippen molar-refractivity contribution in [3.8, 4) is 0 Å². The van der Waals surface area contributed by atoms with Crippen molar-refractivity contribution >= 4 is 11.6 Å². The zero-order chi connectivity index (χ0) is 13.9. The molecule has 104 valence electrons. The zero-order valence-corrected chi connectivity index (χ0v) is 10.8. The molecule has 1 N–H and O–H groups in total. The van der Waals surface area contributed by atoms with Gasteiger partial charge in [0.25, 0.3) is 5.91 Å². The van der Waals surface area contributed by atoms with Crippen LogP contribution < -0.4 is 4.90 Å². The van der Waals surface area contributed by atoms with Gasteiger partial charge in [0.2, 0.25) is 5.82 Å². The van der Waals surface area contributed by atoms with E-state index < -0.39 is 0 Å². The van der Waals surface area contributed by atoms with E-state index in [1.165, 1.54) is 12.4 Å². The number of hydrogen-bond donors (Lipinski definition) is 1. The quantitative estimate of drug-likeness (QED) is 0.884. The minimum absolute atomic E-state index is 0.171. The Balaban J connectivity index is 1.65. The number of para-hydroxylation sites is 1. The first-order valence-electron chi connectivity index (χ1n) is 6.40. The number of nitrogens with one attached hydrogen (secondary N) is 1. The van der Waals surface area contributed by atoms with Crippen LogP contribution in [0.1, 0.15) is 10.6 Å². The summed E-state index contributed by atoms with van der Waals surface area (Å²) >= 11 is 0. The van der Waals surface area contributed by atoms with E-state index in [0.717, 1.165) is 0 Å². The van der Waals surface area contributed by atoms with Crippen LogP contribution in [0.5, 0.6) is 0 Å². The van der Waals surface area contributed by atoms with Crippen molar-refractivity contribution in [3.05, 3.63) is 42.2 Å². The molecule has 0 atom stereocenters. The molecule has 2 aromatic rings. The largest absolute Gasteiger partial charge is 0.366 e. The summed E-state index contributed by atoms with van der Waals surface area (Å²) in [6.07, 6.45) is 1.31. The maximum atomic E-state index is 13.7. The molecular formula is C13H14FN5O. The van der Waals surface area contributed by atoms with E-state index in [1.807, 2.05) is 11.0 Å². The van der Waals surface area contributed by atoms with Gasteiger partial charge in [-0.15, -0.1) is 0 Å². The lowest BCUT2D eigenvalue weighted by Crippen LogP contribution is -2.49. The Labute approximate surface area is 115 Å². The Kier molecular flexibility index (Phi) is 3.32. The van der Waals surface area contributed by atoms with Gasteiger partial charge in [-0.05, 0) is 12.1 Å². The number of rotatable bonds is 2. The van der Waals surface area contributed by atoms with E-state index in [9.17, 15) is 9.18 Å². The summed E-state index contributed by atoms with van der Waals surface area (Å²) in [6, 6.07) is 6.68. The van der Waals surface area contributed by atoms with Crippen LogP contribution in [-0.2, 0) is 0 Å². The van der Waals surface area contributed by atoms with E-state index in [1.54, 1.807) is 17.0 Å². The maximum absolute atomic E-state index is 13.7. The summed E-state index contributed by atoms with van der Waals surface area (Å²) in [5.74, 6) is -0.164. The molecule has 6 nitrogen and oxygen atoms in total. The number of hydrogen-bond acceptors (Lipinski definition) is 4. The van der Waals surface area contributed by atoms with Crippen LogP contribution in [0.2, 0.25) is 0 Å². The van der Waals surface area contributed by atoms with Gasteiger partial charge in [0.15, 0.2) is 0 Å². The number of nitrogens with zero attached hydrogens (tertiary/aromatic N) is 4. The van der Waals surface area contributed by atoms with Crippen molar-refractivity contribution in [2.24, 2.45) is 0 Å². The Morgan fingerprint density at radius 1 is 1.20 bits per heavy atom. The summed E-state index contributed by atoms with van der Waals surface area (Å²) in [5, 5.41) is 6.23. The average Bonchev–Trinajstić information content (AvgIpc) is 3.01. The first-order chi connectivity index (χ1) is 9.75. The van der Waals surface area contributed by atoms with Crippen LogP contribution in [0.25, 0.3) is 0 Å². The first kappa shape index (κ1) is 12.6. The van der Waals surface area contributed by atoms with E-state index in [0.29, 0.717) is 31.9 Å². The highest BCUT2D eigenvalue weighted by Gasteiger charge is 2.24. The molecule has 2 heterocycles. The zero-order valence-electron chi connectivity index (χ0n) is 10.8. The first-order valence-corrected chi connectivity index (χ1v) is 6.40. The fraction of sp³-hybridized carbons (Fsp3) is 0.308. The van der Waals surface area contributed by atoms with Crippen LogP contribution in [0.15, 0.2) is 30.6 Å². The van der Waals surface area contributed by atoms with Crippen molar-refractivity contribution in [2.45, 2.75) is 0 Å². The number of anilines is 1. The van der Waals surface area contributed by atoms with Crippen molar-refractivity contribution < 1.29 is 9.18 Å². The second kappa shape index (κ2) is 5.28. The van der Waals surface area contributed by atoms with Crippen LogP contribution in [0.4, 0.5) is 10.1 Å². The molecule has 1 amide bonds. The van der Waals surface area contributed by atoms with E-state index in [2.05, 4.69) is 15.2 Å². The fourth-order valence-corrected chi connectivity index (χ4v) is 2.32. The normalized spacial score (nSPS) is 15.4. The van der Waals surface area contributed by atoms with Crippen molar-refractivity contribution in [1.29, 1.82) is 0 Å². The number of carbonyl (C=O) groups excluding carboxylic acids is 1. The van der Waals surface area contributed by atoms with Gasteiger partial charge in [0.1, 0.15) is 12.1 Å². The fourth-order valence-electron chi connectivity index (χ4n) is 2.32. The second-order valence-corrected chi connectivity index (χ2v) is 4.56. The number of benzene rings is 1. The highest BCUT2D eigenvalue weighted by Crippen LogP contribution is 2.20. The molecule has 0 spiro atoms. The molecule has 20 heavy (non-hydrogen) atoms. The SMILES string of the molecule is O=C(c1ncn[nH]1)N1CCN(c2ccccc2F)CC1. The Hall–Kier alpha value is -2.44. The number of aromatic nitrogens is 3. The van der Waals surface area contributed by atoms with E-state index in [-0.39, 0.29) is 17.5 Å². The van der Waals surface area contributed by atoms with Gasteiger partial charge in [0.05, 0.1) is 5.69 Å². The predicted molar refractivity (Wildman–Crippen MR) is 70.9 cm³/mol. The Morgan fingerprint density at radius 3 is 2.60 bits per heavy atom. The molecule has 1 aromatic heterocycles. The topological polar surface area (TPSA) is 65.1 Å². The molecule has 1 aliphatic heterocycles. The van der Waals surface area contributed by atoms with Gasteiger partial charge < -0.3 is 9.80 Å². The third-order valence-corrected chi connectivity index (χ3v) is 3.38. The smallest absolute Gasteiger partial charge is 0.291 e. The predicted octanol–water partition coefficient (Wildman–Crippen LogP) is 0.906. The van der Waals surface area contributed by atoms with E-state index in [4.69, 9.17) is 0 Å². The molecular weight excluding hydrogens is 261 g/mol. The number of H-pyrrole nitrogens is 1. The molecule has 0 saturated carbocycles. The second-order valence-electron chi connectivity index (χ2n) is 4.56. The summed E-state index contributed by atoms with van der Waals surface area (Å²) < 4.78 is 13.7. The van der Waals surface area contributed by atoms with Gasteiger partial charge in [-0.2, -0.15) is 5.10 Å². The van der Waals surface area contributed by atoms with Crippen molar-refractivity contribution in [2.75, 3.05) is 31.1 Å². The molecule has 1 fully saturated rings. The molecule has 0 unspecified atom stereocenters. The van der Waals surface area contributed by atoms with Gasteiger partial charge in [0, 0.05) is 26.2 Å². The summed E-state index contributed by atoms with van der Waals surface area (Å²) in [5.41, 5.74) is 0.583. The monoisotopic (exact) mass is 275 g/mol. The molecule has 1 aromatic carbocycles. The third kappa shape index (κ3) is 2.34. The molecule has 7 heteroatoms. The number of halogens is 1. The van der Waals surface area contributed by atoms with Gasteiger partial charge in [-0.3, -0.25) is 9.89 Å². The number of piperazine rings is 1. The van der Waals surface area contributed by atoms with Crippen molar-refractivity contribution in [3.63, 3.8) is 0 Å². The van der Waals surface area contributed by atoms with Crippen LogP contribution >= 0.6 is 0 Å². The lowest BCUT2D eigenvalue weighted by Gasteiger charge is -2.35. The number of amides is 1. The van der Waals surface area contributed by atoms with Gasteiger partial charge >= 0.3 is 0 Å². The molecule has 1 saturated heterocycles. The Bertz CT molecular complexity index is 593. The molecule has 3 rings (SSSR count). The molecule has 0 aliphatic carbocycles. The third-order valence-electron chi connectivity index (χ3n) is 3.38. The summed E-state index contributed by atoms with van der Waals surface area (Å²) in [6.45, 7) is 2.27. The molecule has 0 radical (unpaired) electrons. The molecule has 1 aliphatic rings. The minimum atomic E-state index is -0.234. The van der Waals surface area contributed by atoms with Gasteiger partial charge in [-0.1, -0.05) is 12.1 Å². The average molecular weight is 275 g/mol. The highest BCUT2D eigenvalue weighted by molar-refractivity contribution is 5.90. The summed E-state index contributed by atoms with van der Waals surface area (Å²) in [4.78, 5) is 19.6. The van der Waals surface area contributed by atoms with Crippen LogP contribution in [-0.4, -0.2) is 52.2 Å². The number of carbonyl (C=O) groups is 1. The van der Waals surface area contributed by atoms with E-state index >= 15 is 0 Å². The summed E-state index contributed by atoms with van der Waals surface area (Å²) in [7, 11) is 0. The van der Waals surface area contributed by atoms with Crippen LogP contribution in [0, 0.1) is 5.82 Å². The van der Waals surface area contributed by atoms with Gasteiger partial charge in [-0.25, -0.2) is 9.37 Å². The van der Waals surface area contributed by atoms with Crippen molar-refractivity contribution in [1.82, 2.24) is 20.1 Å². The van der Waals surface area contributed by atoms with Crippen LogP contribution in [0.3, 0.4) is 0 Å². The lowest BCUT2D eigenvalue weighted by atomic mass is 10.2. The lowest BCUT2D eigenvalue weighted by molar-refractivity contribution is 0.0735. The minimum Gasteiger partial charge on any atom is -0.366 e.